The van der Waals surface area contributed by atoms with Gasteiger partial charge in [0, 0.05) is 76.3 Å². The Balaban J connectivity index is 0.578. The van der Waals surface area contributed by atoms with E-state index in [1.54, 1.807) is 46.9 Å². The zero-order valence-corrected chi connectivity index (χ0v) is 42.8. The molecule has 0 radical (unpaired) electrons. The van der Waals surface area contributed by atoms with Gasteiger partial charge in [0.1, 0.15) is 0 Å². The number of likely N-dealkylation sites (tertiary alicyclic amines) is 2. The summed E-state index contributed by atoms with van der Waals surface area (Å²) in [4.78, 5) is 92.7. The van der Waals surface area contributed by atoms with Crippen molar-refractivity contribution < 1.29 is 28.8 Å². The predicted molar refractivity (Wildman–Crippen MR) is 282 cm³/mol. The van der Waals surface area contributed by atoms with Crippen molar-refractivity contribution in [2.75, 3.05) is 49.9 Å². The number of rotatable bonds is 19. The van der Waals surface area contributed by atoms with E-state index in [1.165, 1.54) is 22.7 Å². The number of carbonyl (C=O) groups is 6. The van der Waals surface area contributed by atoms with Crippen LogP contribution in [0.5, 0.6) is 0 Å². The summed E-state index contributed by atoms with van der Waals surface area (Å²) in [5, 5.41) is 21.6. The summed E-state index contributed by atoms with van der Waals surface area (Å²) in [5.74, 6) is 0.107. The summed E-state index contributed by atoms with van der Waals surface area (Å²) in [5.41, 5.74) is 4.07. The molecule has 10 rings (SSSR count). The van der Waals surface area contributed by atoms with Gasteiger partial charge in [0.05, 0.1) is 51.6 Å². The minimum absolute atomic E-state index is 0.0279. The molecule has 4 aliphatic heterocycles. The molecule has 20 heteroatoms. The molecule has 6 aromatic rings. The molecule has 4 saturated heterocycles. The summed E-state index contributed by atoms with van der Waals surface area (Å²) in [6.45, 7) is 4.95. The zero-order valence-electron chi connectivity index (χ0n) is 39.6. The van der Waals surface area contributed by atoms with Crippen LogP contribution in [0.4, 0.5) is 10.0 Å². The molecule has 0 aliphatic carbocycles. The maximum absolute atomic E-state index is 13.1. The van der Waals surface area contributed by atoms with Crippen molar-refractivity contribution in [2.45, 2.75) is 88.4 Å². The Kier molecular flexibility index (Phi) is 15.6. The summed E-state index contributed by atoms with van der Waals surface area (Å²) in [7, 11) is 0. The second-order valence-corrected chi connectivity index (χ2v) is 23.0. The Hall–Kier alpha value is -6.16. The number of anilines is 2. The first-order valence-electron chi connectivity index (χ1n) is 24.6. The van der Waals surface area contributed by atoms with Gasteiger partial charge in [-0.1, -0.05) is 48.5 Å². The van der Waals surface area contributed by atoms with Gasteiger partial charge in [-0.15, -0.1) is 45.3 Å². The minimum Gasteiger partial charge on any atom is -0.352 e. The van der Waals surface area contributed by atoms with E-state index >= 15 is 0 Å². The number of aromatic nitrogens is 2. The second kappa shape index (κ2) is 22.7. The number of thiophene rings is 2. The highest BCUT2D eigenvalue weighted by Crippen LogP contribution is 2.38. The van der Waals surface area contributed by atoms with E-state index in [4.69, 9.17) is 0 Å². The largest absolute Gasteiger partial charge is 0.352 e. The lowest BCUT2D eigenvalue weighted by atomic mass is 10.0. The molecule has 374 valence electrons. The van der Waals surface area contributed by atoms with Crippen LogP contribution in [0.2, 0.25) is 0 Å². The van der Waals surface area contributed by atoms with E-state index in [-0.39, 0.29) is 59.4 Å². The Morgan fingerprint density at radius 1 is 0.542 bits per heavy atom. The lowest BCUT2D eigenvalue weighted by molar-refractivity contribution is -0.123. The first kappa shape index (κ1) is 49.4. The fraction of sp³-hybridized carbons (Fsp3) is 0.385. The van der Waals surface area contributed by atoms with E-state index < -0.39 is 0 Å². The van der Waals surface area contributed by atoms with Gasteiger partial charge in [-0.05, 0) is 98.1 Å². The molecule has 2 atom stereocenters. The third kappa shape index (κ3) is 12.0. The highest BCUT2D eigenvalue weighted by Gasteiger charge is 2.36. The van der Waals surface area contributed by atoms with Crippen molar-refractivity contribution in [2.24, 2.45) is 0 Å². The number of unbranched alkanes of at least 4 members (excludes halogenated alkanes) is 1. The van der Waals surface area contributed by atoms with Crippen LogP contribution in [0.15, 0.2) is 85.2 Å². The molecule has 72 heavy (non-hydrogen) atoms. The van der Waals surface area contributed by atoms with E-state index in [2.05, 4.69) is 41.9 Å². The van der Waals surface area contributed by atoms with Crippen LogP contribution in [-0.2, 0) is 32.3 Å². The molecule has 6 N–H and O–H groups in total. The predicted octanol–water partition coefficient (Wildman–Crippen LogP) is 7.41. The number of nitrogens with zero attached hydrogens (tertiary/aromatic N) is 4. The van der Waals surface area contributed by atoms with Crippen molar-refractivity contribution in [3.8, 4) is 20.9 Å². The SMILES string of the molecule is O=C(CCCCC(=O)NCc1ccc(-c2cnc(C3CN(C(=O)c4ccc(NC(=O)[C@@H]5CCCN5)s4)C3)s2)cc1)NCc1ccc(-c2cnc(C3CN(C(=O)c4ccc(NC(=O)[C@@H]5CCCN5)s4)C3)s2)cc1. The standard InChI is InChI=1S/C52H56N10O6S4/c63-43(55-23-31-9-13-33(14-10-31)41-25-57-49(71-41)35-27-61(28-35)51(67)39-17-19-45(69-39)59-47(65)37-5-3-21-53-37)7-1-2-8-44(64)56-24-32-11-15-34(16-12-32)42-26-58-50(72-42)36-29-62(30-36)52(68)40-18-20-46(70-40)60-48(66)38-6-4-22-54-38/h9-20,25-26,35-38,53-54H,1-8,21-24,27-30H2,(H,55,63)(H,56,64)(H,59,65)(H,60,66)/t37-,38-/m0/s1. The molecule has 0 spiro atoms. The first-order chi connectivity index (χ1) is 35.1. The Bertz CT molecular complexity index is 2710. The third-order valence-corrected chi connectivity index (χ3v) is 17.9. The van der Waals surface area contributed by atoms with E-state index in [1.807, 2.05) is 70.7 Å². The number of amides is 6. The number of nitrogens with one attached hydrogen (secondary N) is 6. The van der Waals surface area contributed by atoms with Gasteiger partial charge in [0.2, 0.25) is 23.6 Å². The van der Waals surface area contributed by atoms with Gasteiger partial charge in [-0.3, -0.25) is 28.8 Å². The highest BCUT2D eigenvalue weighted by atomic mass is 32.1. The summed E-state index contributed by atoms with van der Waals surface area (Å²) >= 11 is 5.88. The van der Waals surface area contributed by atoms with Gasteiger partial charge in [-0.25, -0.2) is 9.97 Å². The quantitative estimate of drug-likeness (QED) is 0.0443. The smallest absolute Gasteiger partial charge is 0.264 e. The van der Waals surface area contributed by atoms with E-state index in [9.17, 15) is 28.8 Å². The molecule has 6 amide bonds. The Labute approximate surface area is 433 Å². The summed E-state index contributed by atoms with van der Waals surface area (Å²) in [6, 6.07) is 23.0. The van der Waals surface area contributed by atoms with Crippen LogP contribution in [0.3, 0.4) is 0 Å². The maximum atomic E-state index is 13.1. The topological polar surface area (TPSA) is 207 Å². The fourth-order valence-electron chi connectivity index (χ4n) is 9.13. The van der Waals surface area contributed by atoms with Crippen LogP contribution in [-0.4, -0.2) is 107 Å². The molecule has 4 aliphatic rings. The van der Waals surface area contributed by atoms with Crippen LogP contribution in [0.1, 0.15) is 104 Å². The van der Waals surface area contributed by atoms with Crippen molar-refractivity contribution in [3.05, 3.63) is 116 Å². The molecular weight excluding hydrogens is 989 g/mol. The molecule has 16 nitrogen and oxygen atoms in total. The molecular formula is C52H56N10O6S4. The van der Waals surface area contributed by atoms with Crippen molar-refractivity contribution >= 4 is 90.8 Å². The van der Waals surface area contributed by atoms with Gasteiger partial charge in [0.15, 0.2) is 0 Å². The monoisotopic (exact) mass is 1040 g/mol. The number of benzene rings is 2. The van der Waals surface area contributed by atoms with Crippen LogP contribution in [0.25, 0.3) is 20.9 Å². The molecule has 4 fully saturated rings. The number of hydrogen-bond acceptors (Lipinski definition) is 14. The third-order valence-electron chi connectivity index (χ3n) is 13.5. The van der Waals surface area contributed by atoms with Crippen molar-refractivity contribution in [1.29, 1.82) is 0 Å². The second-order valence-electron chi connectivity index (χ2n) is 18.7. The fourth-order valence-corrected chi connectivity index (χ4v) is 12.9. The van der Waals surface area contributed by atoms with Crippen LogP contribution in [0, 0.1) is 0 Å². The Morgan fingerprint density at radius 3 is 1.35 bits per heavy atom. The van der Waals surface area contributed by atoms with Gasteiger partial charge < -0.3 is 41.7 Å². The first-order valence-corrected chi connectivity index (χ1v) is 27.9. The van der Waals surface area contributed by atoms with Gasteiger partial charge in [0.25, 0.3) is 11.8 Å². The number of carbonyl (C=O) groups excluding carboxylic acids is 6. The molecule has 2 aromatic carbocycles. The molecule has 8 heterocycles. The van der Waals surface area contributed by atoms with Gasteiger partial charge >= 0.3 is 0 Å². The molecule has 0 saturated carbocycles. The Morgan fingerprint density at radius 2 is 0.958 bits per heavy atom. The maximum Gasteiger partial charge on any atom is 0.264 e. The zero-order chi connectivity index (χ0) is 49.6. The minimum atomic E-state index is -0.170. The van der Waals surface area contributed by atoms with Crippen molar-refractivity contribution in [1.82, 2.24) is 41.0 Å². The molecule has 0 unspecified atom stereocenters. The average molecular weight is 1050 g/mol. The average Bonchev–Trinajstić information content (AvgIpc) is 4.22. The van der Waals surface area contributed by atoms with Gasteiger partial charge in [-0.2, -0.15) is 0 Å². The highest BCUT2D eigenvalue weighted by molar-refractivity contribution is 7.18. The summed E-state index contributed by atoms with van der Waals surface area (Å²) in [6.07, 6.45) is 9.31. The van der Waals surface area contributed by atoms with Crippen LogP contribution >= 0.6 is 45.3 Å². The van der Waals surface area contributed by atoms with Crippen molar-refractivity contribution in [3.63, 3.8) is 0 Å². The normalized spacial score (nSPS) is 17.8. The van der Waals surface area contributed by atoms with E-state index in [0.29, 0.717) is 84.7 Å². The number of hydrogen-bond donors (Lipinski definition) is 6. The molecule has 4 aromatic heterocycles. The summed E-state index contributed by atoms with van der Waals surface area (Å²) < 4.78 is 0. The molecule has 0 bridgehead atoms. The number of thiazole rings is 2. The lowest BCUT2D eigenvalue weighted by Crippen LogP contribution is -2.48. The van der Waals surface area contributed by atoms with Crippen LogP contribution < -0.4 is 31.9 Å². The van der Waals surface area contributed by atoms with E-state index in [0.717, 1.165) is 80.8 Å². The lowest BCUT2D eigenvalue weighted by Gasteiger charge is -2.37.